The zero-order chi connectivity index (χ0) is 16.2. The summed E-state index contributed by atoms with van der Waals surface area (Å²) in [4.78, 5) is 23.2. The first-order valence-electron chi connectivity index (χ1n) is 9.39. The molecule has 23 heavy (non-hydrogen) atoms. The third-order valence-corrected chi connectivity index (χ3v) is 7.52. The molecule has 0 aromatic heterocycles. The summed E-state index contributed by atoms with van der Waals surface area (Å²) in [7, 11) is 0. The molecule has 0 N–H and O–H groups in total. The number of rotatable bonds is 1. The SMILES string of the molecule is CC(=O)O[C@H]1CCC2C3CCC4=CC(=O)CC[C@@H]4C3CC[C@@]21C. The molecule has 4 aliphatic carbocycles. The van der Waals surface area contributed by atoms with Crippen LogP contribution in [0.5, 0.6) is 0 Å². The van der Waals surface area contributed by atoms with Crippen molar-refractivity contribution < 1.29 is 14.3 Å². The van der Waals surface area contributed by atoms with Crippen LogP contribution in [0.15, 0.2) is 11.6 Å². The number of fused-ring (bicyclic) bond motifs is 5. The number of esters is 1. The minimum absolute atomic E-state index is 0.121. The summed E-state index contributed by atoms with van der Waals surface area (Å²) in [5.74, 6) is 3.10. The van der Waals surface area contributed by atoms with E-state index < -0.39 is 0 Å². The maximum Gasteiger partial charge on any atom is 0.302 e. The van der Waals surface area contributed by atoms with Crippen molar-refractivity contribution in [3.63, 3.8) is 0 Å². The number of ether oxygens (including phenoxy) is 1. The van der Waals surface area contributed by atoms with Crippen LogP contribution in [-0.2, 0) is 14.3 Å². The monoisotopic (exact) mass is 316 g/mol. The minimum Gasteiger partial charge on any atom is -0.462 e. The van der Waals surface area contributed by atoms with Gasteiger partial charge in [0.05, 0.1) is 0 Å². The average Bonchev–Trinajstić information content (AvgIpc) is 2.83. The number of hydrogen-bond donors (Lipinski definition) is 0. The van der Waals surface area contributed by atoms with Crippen molar-refractivity contribution in [1.29, 1.82) is 0 Å². The Morgan fingerprint density at radius 1 is 1.13 bits per heavy atom. The summed E-state index contributed by atoms with van der Waals surface area (Å²) in [6.07, 6.45) is 10.9. The quantitative estimate of drug-likeness (QED) is 0.685. The Labute approximate surface area is 138 Å². The molecular weight excluding hydrogens is 288 g/mol. The summed E-state index contributed by atoms with van der Waals surface area (Å²) in [6.45, 7) is 3.91. The first-order chi connectivity index (χ1) is 11.0. The average molecular weight is 316 g/mol. The summed E-state index contributed by atoms with van der Waals surface area (Å²) in [5, 5.41) is 0. The first kappa shape index (κ1) is 15.4. The minimum atomic E-state index is -0.126. The fourth-order valence-corrected chi connectivity index (χ4v) is 6.53. The van der Waals surface area contributed by atoms with Gasteiger partial charge in [-0.3, -0.25) is 9.59 Å². The smallest absolute Gasteiger partial charge is 0.302 e. The van der Waals surface area contributed by atoms with Gasteiger partial charge in [0.25, 0.3) is 0 Å². The molecule has 3 fully saturated rings. The second-order valence-electron chi connectivity index (χ2n) is 8.52. The Morgan fingerprint density at radius 3 is 2.74 bits per heavy atom. The van der Waals surface area contributed by atoms with E-state index in [4.69, 9.17) is 4.74 Å². The van der Waals surface area contributed by atoms with Crippen LogP contribution in [0.4, 0.5) is 0 Å². The molecule has 0 aliphatic heterocycles. The number of hydrogen-bond acceptors (Lipinski definition) is 3. The molecule has 3 nitrogen and oxygen atoms in total. The van der Waals surface area contributed by atoms with Crippen LogP contribution in [0.1, 0.15) is 65.2 Å². The van der Waals surface area contributed by atoms with E-state index in [0.717, 1.165) is 37.5 Å². The van der Waals surface area contributed by atoms with Crippen LogP contribution in [0.3, 0.4) is 0 Å². The number of ketones is 1. The topological polar surface area (TPSA) is 43.4 Å². The van der Waals surface area contributed by atoms with Crippen LogP contribution in [0, 0.1) is 29.1 Å². The van der Waals surface area contributed by atoms with Gasteiger partial charge in [-0.25, -0.2) is 0 Å². The van der Waals surface area contributed by atoms with Gasteiger partial charge >= 0.3 is 5.97 Å². The lowest BCUT2D eigenvalue weighted by Gasteiger charge is -2.53. The Bertz CT molecular complexity index is 563. The molecule has 0 aromatic carbocycles. The van der Waals surface area contributed by atoms with Gasteiger partial charge in [-0.2, -0.15) is 0 Å². The van der Waals surface area contributed by atoms with E-state index in [0.29, 0.717) is 17.6 Å². The second kappa shape index (κ2) is 5.46. The zero-order valence-electron chi connectivity index (χ0n) is 14.3. The predicted octanol–water partition coefficient (Wildman–Crippen LogP) is 4.06. The van der Waals surface area contributed by atoms with Gasteiger partial charge in [-0.1, -0.05) is 12.5 Å². The molecule has 0 spiro atoms. The van der Waals surface area contributed by atoms with Crippen LogP contribution in [-0.4, -0.2) is 17.9 Å². The molecule has 4 aliphatic rings. The van der Waals surface area contributed by atoms with E-state index in [-0.39, 0.29) is 17.5 Å². The van der Waals surface area contributed by atoms with Gasteiger partial charge in [0, 0.05) is 18.8 Å². The third kappa shape index (κ3) is 2.38. The molecule has 0 radical (unpaired) electrons. The molecule has 4 rings (SSSR count). The van der Waals surface area contributed by atoms with Crippen molar-refractivity contribution in [3.8, 4) is 0 Å². The molecule has 6 atom stereocenters. The molecule has 0 heterocycles. The highest BCUT2D eigenvalue weighted by Gasteiger charge is 2.57. The van der Waals surface area contributed by atoms with Crippen molar-refractivity contribution in [2.75, 3.05) is 0 Å². The van der Waals surface area contributed by atoms with Gasteiger partial charge in [0.15, 0.2) is 5.78 Å². The summed E-state index contributed by atoms with van der Waals surface area (Å²) in [6, 6.07) is 0. The van der Waals surface area contributed by atoms with Gasteiger partial charge in [-0.05, 0) is 74.7 Å². The normalized spacial score (nSPS) is 45.6. The molecule has 0 aromatic rings. The Morgan fingerprint density at radius 2 is 1.96 bits per heavy atom. The number of allylic oxidation sites excluding steroid dienone is 1. The van der Waals surface area contributed by atoms with E-state index >= 15 is 0 Å². The summed E-state index contributed by atoms with van der Waals surface area (Å²) >= 11 is 0. The lowest BCUT2D eigenvalue weighted by atomic mass is 9.52. The molecule has 3 unspecified atom stereocenters. The van der Waals surface area contributed by atoms with E-state index in [1.165, 1.54) is 31.3 Å². The second-order valence-corrected chi connectivity index (χ2v) is 8.52. The lowest BCUT2D eigenvalue weighted by molar-refractivity contribution is -0.156. The predicted molar refractivity (Wildman–Crippen MR) is 87.6 cm³/mol. The van der Waals surface area contributed by atoms with Crippen LogP contribution in [0.25, 0.3) is 0 Å². The lowest BCUT2D eigenvalue weighted by Crippen LogP contribution is -2.48. The van der Waals surface area contributed by atoms with Crippen molar-refractivity contribution in [2.24, 2.45) is 29.1 Å². The van der Waals surface area contributed by atoms with Crippen molar-refractivity contribution in [1.82, 2.24) is 0 Å². The standard InChI is InChI=1S/C20H28O3/c1-12(21)23-19-8-7-18-17-5-3-13-11-14(22)4-6-15(13)16(17)9-10-20(18,19)2/h11,15-19H,3-10H2,1-2H3/t15-,16?,17?,18?,19-,20-/m0/s1. The van der Waals surface area contributed by atoms with Crippen LogP contribution < -0.4 is 0 Å². The number of carbonyl (C=O) groups is 2. The third-order valence-electron chi connectivity index (χ3n) is 7.52. The molecule has 0 bridgehead atoms. The molecule has 0 amide bonds. The maximum absolute atomic E-state index is 11.7. The Hall–Kier alpha value is -1.12. The molecule has 126 valence electrons. The van der Waals surface area contributed by atoms with Crippen molar-refractivity contribution in [3.05, 3.63) is 11.6 Å². The summed E-state index contributed by atoms with van der Waals surface area (Å²) in [5.41, 5.74) is 1.62. The fraction of sp³-hybridized carbons (Fsp3) is 0.800. The molecule has 3 saturated carbocycles. The van der Waals surface area contributed by atoms with Crippen molar-refractivity contribution >= 4 is 11.8 Å². The molecule has 3 heteroatoms. The largest absolute Gasteiger partial charge is 0.462 e. The van der Waals surface area contributed by atoms with E-state index in [2.05, 4.69) is 6.92 Å². The van der Waals surface area contributed by atoms with Crippen LogP contribution in [0.2, 0.25) is 0 Å². The fourth-order valence-electron chi connectivity index (χ4n) is 6.53. The van der Waals surface area contributed by atoms with Crippen molar-refractivity contribution in [2.45, 2.75) is 71.3 Å². The molecular formula is C20H28O3. The number of carbonyl (C=O) groups excluding carboxylic acids is 2. The highest BCUT2D eigenvalue weighted by atomic mass is 16.5. The molecule has 0 saturated heterocycles. The van der Waals surface area contributed by atoms with Gasteiger partial charge < -0.3 is 4.74 Å². The Kier molecular flexibility index (Phi) is 3.66. The highest BCUT2D eigenvalue weighted by molar-refractivity contribution is 5.91. The Balaban J connectivity index is 1.57. The van der Waals surface area contributed by atoms with E-state index in [1.54, 1.807) is 6.92 Å². The van der Waals surface area contributed by atoms with Crippen LogP contribution >= 0.6 is 0 Å². The van der Waals surface area contributed by atoms with Gasteiger partial charge in [-0.15, -0.1) is 0 Å². The maximum atomic E-state index is 11.7. The van der Waals surface area contributed by atoms with Gasteiger partial charge in [0.1, 0.15) is 6.10 Å². The zero-order valence-corrected chi connectivity index (χ0v) is 14.3. The highest BCUT2D eigenvalue weighted by Crippen LogP contribution is 2.62. The summed E-state index contributed by atoms with van der Waals surface area (Å²) < 4.78 is 5.69. The van der Waals surface area contributed by atoms with E-state index in [9.17, 15) is 9.59 Å². The van der Waals surface area contributed by atoms with E-state index in [1.807, 2.05) is 6.08 Å². The van der Waals surface area contributed by atoms with Gasteiger partial charge in [0.2, 0.25) is 0 Å². The first-order valence-corrected chi connectivity index (χ1v) is 9.39.